The number of nitrogen functional groups attached to an aromatic ring is 2. The van der Waals surface area contributed by atoms with Crippen molar-refractivity contribution in [1.29, 1.82) is 0 Å². The zero-order valence-corrected chi connectivity index (χ0v) is 13.7. The third-order valence-electron chi connectivity index (χ3n) is 3.62. The van der Waals surface area contributed by atoms with Crippen LogP contribution in [0.5, 0.6) is 0 Å². The molecule has 0 atom stereocenters. The number of rotatable bonds is 4. The standard InChI is InChI=1S/C15H18ClN7/c1-3-23-10-6-8(2)4-5-9(10)20-11(23)7-19-15-14(18)22-13(17)12(16)21-15/h4-6H,3,7H2,1-2H3,(H,19,21)(H4,17,18,22). The van der Waals surface area contributed by atoms with Gasteiger partial charge >= 0.3 is 0 Å². The summed E-state index contributed by atoms with van der Waals surface area (Å²) >= 11 is 5.89. The lowest BCUT2D eigenvalue weighted by Crippen LogP contribution is -2.11. The summed E-state index contributed by atoms with van der Waals surface area (Å²) < 4.78 is 2.15. The van der Waals surface area contributed by atoms with Crippen molar-refractivity contribution in [3.05, 3.63) is 34.7 Å². The van der Waals surface area contributed by atoms with Gasteiger partial charge in [0.25, 0.3) is 0 Å². The summed E-state index contributed by atoms with van der Waals surface area (Å²) in [5.74, 6) is 1.62. The zero-order chi connectivity index (χ0) is 16.6. The summed E-state index contributed by atoms with van der Waals surface area (Å²) in [6.45, 7) is 5.43. The van der Waals surface area contributed by atoms with E-state index in [1.54, 1.807) is 0 Å². The van der Waals surface area contributed by atoms with Gasteiger partial charge in [0.1, 0.15) is 5.82 Å². The van der Waals surface area contributed by atoms with Crippen LogP contribution in [0.1, 0.15) is 18.3 Å². The number of imidazole rings is 1. The molecule has 23 heavy (non-hydrogen) atoms. The fourth-order valence-corrected chi connectivity index (χ4v) is 2.63. The molecule has 0 unspecified atom stereocenters. The maximum Gasteiger partial charge on any atom is 0.173 e. The Balaban J connectivity index is 1.91. The van der Waals surface area contributed by atoms with Crippen LogP contribution >= 0.6 is 11.6 Å². The molecule has 5 N–H and O–H groups in total. The fraction of sp³-hybridized carbons (Fsp3) is 0.267. The van der Waals surface area contributed by atoms with E-state index in [0.29, 0.717) is 12.4 Å². The quantitative estimate of drug-likeness (QED) is 0.678. The Kier molecular flexibility index (Phi) is 3.96. The van der Waals surface area contributed by atoms with Gasteiger partial charge in [-0.3, -0.25) is 0 Å². The van der Waals surface area contributed by atoms with Crippen LogP contribution in [0.2, 0.25) is 5.15 Å². The third kappa shape index (κ3) is 2.87. The van der Waals surface area contributed by atoms with Crippen LogP contribution in [0.15, 0.2) is 18.2 Å². The van der Waals surface area contributed by atoms with Gasteiger partial charge in [-0.1, -0.05) is 17.7 Å². The normalized spacial score (nSPS) is 11.1. The van der Waals surface area contributed by atoms with E-state index in [1.807, 2.05) is 6.07 Å². The van der Waals surface area contributed by atoms with E-state index < -0.39 is 0 Å². The Bertz CT molecular complexity index is 872. The molecular formula is C15H18ClN7. The maximum absolute atomic E-state index is 5.89. The lowest BCUT2D eigenvalue weighted by Gasteiger charge is -2.10. The Morgan fingerprint density at radius 3 is 2.70 bits per heavy atom. The second kappa shape index (κ2) is 5.92. The first kappa shape index (κ1) is 15.4. The van der Waals surface area contributed by atoms with E-state index in [1.165, 1.54) is 5.56 Å². The second-order valence-corrected chi connectivity index (χ2v) is 5.61. The van der Waals surface area contributed by atoms with Gasteiger partial charge in [0.05, 0.1) is 17.6 Å². The summed E-state index contributed by atoms with van der Waals surface area (Å²) in [5.41, 5.74) is 14.7. The van der Waals surface area contributed by atoms with E-state index in [0.717, 1.165) is 23.4 Å². The molecule has 0 saturated carbocycles. The zero-order valence-electron chi connectivity index (χ0n) is 13.0. The van der Waals surface area contributed by atoms with Crippen LogP contribution in [0.3, 0.4) is 0 Å². The van der Waals surface area contributed by atoms with Gasteiger partial charge in [-0.25, -0.2) is 15.0 Å². The summed E-state index contributed by atoms with van der Waals surface area (Å²) in [6.07, 6.45) is 0. The lowest BCUT2D eigenvalue weighted by molar-refractivity contribution is 0.728. The van der Waals surface area contributed by atoms with Gasteiger partial charge < -0.3 is 21.4 Å². The van der Waals surface area contributed by atoms with E-state index in [-0.39, 0.29) is 16.8 Å². The van der Waals surface area contributed by atoms with Crippen LogP contribution in [-0.2, 0) is 13.1 Å². The number of aromatic nitrogens is 4. The molecule has 1 aromatic carbocycles. The molecule has 3 rings (SSSR count). The topological polar surface area (TPSA) is 108 Å². The van der Waals surface area contributed by atoms with Crippen LogP contribution < -0.4 is 16.8 Å². The van der Waals surface area contributed by atoms with Gasteiger partial charge in [0, 0.05) is 6.54 Å². The van der Waals surface area contributed by atoms with Crippen molar-refractivity contribution in [2.75, 3.05) is 16.8 Å². The highest BCUT2D eigenvalue weighted by Crippen LogP contribution is 2.23. The lowest BCUT2D eigenvalue weighted by atomic mass is 10.2. The molecule has 0 aliphatic carbocycles. The Morgan fingerprint density at radius 2 is 1.96 bits per heavy atom. The van der Waals surface area contributed by atoms with Gasteiger partial charge in [0.2, 0.25) is 0 Å². The first-order valence-electron chi connectivity index (χ1n) is 7.27. The van der Waals surface area contributed by atoms with E-state index in [4.69, 9.17) is 23.1 Å². The molecule has 0 amide bonds. The minimum absolute atomic E-state index is 0.117. The van der Waals surface area contributed by atoms with Crippen molar-refractivity contribution in [2.24, 2.45) is 0 Å². The molecule has 0 fully saturated rings. The molecule has 0 radical (unpaired) electrons. The van der Waals surface area contributed by atoms with Crippen LogP contribution in [0.4, 0.5) is 17.5 Å². The average molecular weight is 332 g/mol. The van der Waals surface area contributed by atoms with Crippen molar-refractivity contribution >= 4 is 40.1 Å². The number of nitrogens with one attached hydrogen (secondary N) is 1. The summed E-state index contributed by atoms with van der Waals surface area (Å²) in [6, 6.07) is 6.20. The Labute approximate surface area is 138 Å². The van der Waals surface area contributed by atoms with Crippen molar-refractivity contribution < 1.29 is 0 Å². The number of fused-ring (bicyclic) bond motifs is 1. The molecule has 3 aromatic rings. The summed E-state index contributed by atoms with van der Waals surface area (Å²) in [4.78, 5) is 12.7. The third-order valence-corrected chi connectivity index (χ3v) is 3.90. The van der Waals surface area contributed by atoms with Crippen LogP contribution in [0.25, 0.3) is 11.0 Å². The predicted octanol–water partition coefficient (Wildman–Crippen LogP) is 2.58. The smallest absolute Gasteiger partial charge is 0.173 e. The number of nitrogens with two attached hydrogens (primary N) is 2. The van der Waals surface area contributed by atoms with Gasteiger partial charge in [-0.15, -0.1) is 0 Å². The highest BCUT2D eigenvalue weighted by molar-refractivity contribution is 6.31. The molecule has 2 heterocycles. The summed E-state index contributed by atoms with van der Waals surface area (Å²) in [5, 5.41) is 3.25. The van der Waals surface area contributed by atoms with Crippen LogP contribution in [-0.4, -0.2) is 19.5 Å². The Morgan fingerprint density at radius 1 is 1.17 bits per heavy atom. The minimum atomic E-state index is 0.117. The fourth-order valence-electron chi connectivity index (χ4n) is 2.50. The van der Waals surface area contributed by atoms with Gasteiger partial charge in [-0.2, -0.15) is 0 Å². The van der Waals surface area contributed by atoms with Crippen molar-refractivity contribution in [3.8, 4) is 0 Å². The number of anilines is 3. The van der Waals surface area contributed by atoms with Gasteiger partial charge in [0.15, 0.2) is 22.6 Å². The van der Waals surface area contributed by atoms with E-state index in [2.05, 4.69) is 50.8 Å². The molecule has 8 heteroatoms. The minimum Gasteiger partial charge on any atom is -0.381 e. The monoisotopic (exact) mass is 331 g/mol. The second-order valence-electron chi connectivity index (χ2n) is 5.25. The first-order chi connectivity index (χ1) is 11.0. The predicted molar refractivity (Wildman–Crippen MR) is 93.3 cm³/mol. The van der Waals surface area contributed by atoms with Crippen molar-refractivity contribution in [2.45, 2.75) is 26.9 Å². The molecule has 0 bridgehead atoms. The number of hydrogen-bond donors (Lipinski definition) is 3. The Hall–Kier alpha value is -2.54. The molecule has 120 valence electrons. The molecule has 0 saturated heterocycles. The molecule has 0 aliphatic heterocycles. The number of halogens is 1. The molecule has 7 nitrogen and oxygen atoms in total. The van der Waals surface area contributed by atoms with Crippen molar-refractivity contribution in [3.63, 3.8) is 0 Å². The number of nitrogens with zero attached hydrogens (tertiary/aromatic N) is 4. The summed E-state index contributed by atoms with van der Waals surface area (Å²) in [7, 11) is 0. The number of aryl methyl sites for hydroxylation is 2. The molecule has 2 aromatic heterocycles. The molecule has 0 aliphatic rings. The van der Waals surface area contributed by atoms with E-state index in [9.17, 15) is 0 Å². The number of hydrogen-bond acceptors (Lipinski definition) is 6. The SMILES string of the molecule is CCn1c(CNc2nc(Cl)c(N)nc2N)nc2ccc(C)cc21. The molecular weight excluding hydrogens is 314 g/mol. The highest BCUT2D eigenvalue weighted by Gasteiger charge is 2.12. The average Bonchev–Trinajstić information content (AvgIpc) is 2.86. The van der Waals surface area contributed by atoms with Gasteiger partial charge in [-0.05, 0) is 31.5 Å². The van der Waals surface area contributed by atoms with E-state index >= 15 is 0 Å². The maximum atomic E-state index is 5.89. The number of benzene rings is 1. The van der Waals surface area contributed by atoms with Crippen LogP contribution in [0, 0.1) is 6.92 Å². The highest BCUT2D eigenvalue weighted by atomic mass is 35.5. The molecule has 0 spiro atoms. The first-order valence-corrected chi connectivity index (χ1v) is 7.65. The van der Waals surface area contributed by atoms with Crippen molar-refractivity contribution in [1.82, 2.24) is 19.5 Å². The largest absolute Gasteiger partial charge is 0.381 e.